The number of carbonyl (C=O) groups excluding carboxylic acids is 1. The largest absolute Gasteiger partial charge is 0.501 e. The van der Waals surface area contributed by atoms with Gasteiger partial charge in [-0.1, -0.05) is 0 Å². The van der Waals surface area contributed by atoms with Crippen LogP contribution in [-0.4, -0.2) is 61.6 Å². The highest BCUT2D eigenvalue weighted by Gasteiger charge is 2.46. The molecule has 1 aliphatic heterocycles. The minimum atomic E-state index is -5.49. The Bertz CT molecular complexity index is 744. The number of nitrogens with zero attached hydrogens (tertiary/aromatic N) is 1. The Kier molecular flexibility index (Phi) is 4.85. The van der Waals surface area contributed by atoms with Crippen molar-refractivity contribution in [3.8, 4) is 0 Å². The zero-order chi connectivity index (χ0) is 18.1. The van der Waals surface area contributed by atoms with Gasteiger partial charge < -0.3 is 14.7 Å². The number of morpholine rings is 1. The van der Waals surface area contributed by atoms with Gasteiger partial charge in [0.2, 0.25) is 0 Å². The second-order valence-electron chi connectivity index (χ2n) is 4.92. The summed E-state index contributed by atoms with van der Waals surface area (Å²) in [6.07, 6.45) is -1.19. The van der Waals surface area contributed by atoms with E-state index in [4.69, 9.17) is 9.84 Å². The summed E-state index contributed by atoms with van der Waals surface area (Å²) in [5.74, 6) is -1.86. The van der Waals surface area contributed by atoms with E-state index in [1.807, 2.05) is 0 Å². The monoisotopic (exact) mass is 367 g/mol. The molecule has 0 bridgehead atoms. The van der Waals surface area contributed by atoms with Crippen LogP contribution in [0.3, 0.4) is 0 Å². The molecule has 1 heterocycles. The van der Waals surface area contributed by atoms with Gasteiger partial charge in [0.25, 0.3) is 15.7 Å². The number of carbonyl (C=O) groups is 2. The summed E-state index contributed by atoms with van der Waals surface area (Å²) < 4.78 is 64.8. The molecular weight excluding hydrogens is 355 g/mol. The fraction of sp³-hybridized carbons (Fsp3) is 0.385. The third kappa shape index (κ3) is 3.51. The first-order chi connectivity index (χ1) is 11.0. The average molecular weight is 367 g/mol. The van der Waals surface area contributed by atoms with Crippen molar-refractivity contribution in [2.24, 2.45) is 0 Å². The highest BCUT2D eigenvalue weighted by Crippen LogP contribution is 2.30. The molecule has 132 valence electrons. The van der Waals surface area contributed by atoms with Gasteiger partial charge in [-0.25, -0.2) is 13.2 Å². The molecule has 0 radical (unpaired) electrons. The Balaban J connectivity index is 2.19. The van der Waals surface area contributed by atoms with E-state index in [1.165, 1.54) is 4.90 Å². The minimum absolute atomic E-state index is 0.00322. The molecule has 0 aliphatic carbocycles. The maximum atomic E-state index is 12.5. The van der Waals surface area contributed by atoms with Crippen molar-refractivity contribution < 1.29 is 41.0 Å². The third-order valence-electron chi connectivity index (χ3n) is 3.35. The molecule has 1 atom stereocenters. The van der Waals surface area contributed by atoms with Crippen LogP contribution in [0.2, 0.25) is 0 Å². The second kappa shape index (κ2) is 6.40. The van der Waals surface area contributed by atoms with E-state index in [0.29, 0.717) is 12.1 Å². The fourth-order valence-electron chi connectivity index (χ4n) is 2.08. The lowest BCUT2D eigenvalue weighted by Gasteiger charge is -2.30. The molecule has 1 aromatic carbocycles. The van der Waals surface area contributed by atoms with Gasteiger partial charge in [-0.3, -0.25) is 4.79 Å². The van der Waals surface area contributed by atoms with E-state index >= 15 is 0 Å². The number of carboxylic acids is 1. The SMILES string of the molecule is O=C(O)C1CN(C(=O)c2ccc(S(=O)(=O)C(F)(F)F)cc2)CCO1. The topological polar surface area (TPSA) is 101 Å². The first-order valence-corrected chi connectivity index (χ1v) is 8.07. The van der Waals surface area contributed by atoms with Crippen LogP contribution in [0.5, 0.6) is 0 Å². The number of amides is 1. The van der Waals surface area contributed by atoms with Crippen molar-refractivity contribution in [3.63, 3.8) is 0 Å². The van der Waals surface area contributed by atoms with Crippen LogP contribution in [0, 0.1) is 0 Å². The predicted octanol–water partition coefficient (Wildman–Crippen LogP) is 0.906. The molecule has 0 spiro atoms. The Labute approximate surface area is 134 Å². The molecule has 1 fully saturated rings. The van der Waals surface area contributed by atoms with Gasteiger partial charge in [-0.05, 0) is 24.3 Å². The van der Waals surface area contributed by atoms with Gasteiger partial charge in [0, 0.05) is 12.1 Å². The van der Waals surface area contributed by atoms with Crippen molar-refractivity contribution in [1.82, 2.24) is 4.90 Å². The van der Waals surface area contributed by atoms with E-state index in [-0.39, 0.29) is 25.3 Å². The number of rotatable bonds is 3. The highest BCUT2D eigenvalue weighted by molar-refractivity contribution is 7.92. The molecule has 1 unspecified atom stereocenters. The maximum Gasteiger partial charge on any atom is 0.501 e. The number of aliphatic carboxylic acids is 1. The van der Waals surface area contributed by atoms with Crippen LogP contribution < -0.4 is 0 Å². The molecule has 24 heavy (non-hydrogen) atoms. The molecule has 0 aromatic heterocycles. The van der Waals surface area contributed by atoms with Crippen LogP contribution in [0.1, 0.15) is 10.4 Å². The molecule has 1 N–H and O–H groups in total. The molecule has 1 amide bonds. The normalized spacial score (nSPS) is 19.1. The number of alkyl halides is 3. The third-order valence-corrected chi connectivity index (χ3v) is 4.85. The molecule has 11 heteroatoms. The van der Waals surface area contributed by atoms with Crippen LogP contribution >= 0.6 is 0 Å². The molecule has 1 aromatic rings. The van der Waals surface area contributed by atoms with Crippen LogP contribution in [-0.2, 0) is 19.4 Å². The average Bonchev–Trinajstić information content (AvgIpc) is 2.53. The number of ether oxygens (including phenoxy) is 1. The smallest absolute Gasteiger partial charge is 0.479 e. The number of hydrogen-bond acceptors (Lipinski definition) is 5. The molecule has 2 rings (SSSR count). The molecular formula is C13H12F3NO6S. The number of carboxylic acid groups (broad SMARTS) is 1. The summed E-state index contributed by atoms with van der Waals surface area (Å²) in [7, 11) is -5.49. The summed E-state index contributed by atoms with van der Waals surface area (Å²) in [6, 6.07) is 3.27. The Morgan fingerprint density at radius 1 is 1.21 bits per heavy atom. The second-order valence-corrected chi connectivity index (χ2v) is 6.86. The van der Waals surface area contributed by atoms with Gasteiger partial charge in [0.05, 0.1) is 18.0 Å². The van der Waals surface area contributed by atoms with Crippen molar-refractivity contribution in [2.75, 3.05) is 19.7 Å². The molecule has 1 aliphatic rings. The van der Waals surface area contributed by atoms with E-state index in [2.05, 4.69) is 0 Å². The van der Waals surface area contributed by atoms with E-state index in [0.717, 1.165) is 12.1 Å². The fourth-order valence-corrected chi connectivity index (χ4v) is 2.84. The minimum Gasteiger partial charge on any atom is -0.479 e. The maximum absolute atomic E-state index is 12.5. The Morgan fingerprint density at radius 2 is 1.79 bits per heavy atom. The number of benzene rings is 1. The first-order valence-electron chi connectivity index (χ1n) is 6.59. The summed E-state index contributed by atoms with van der Waals surface area (Å²) in [4.78, 5) is 23.3. The summed E-state index contributed by atoms with van der Waals surface area (Å²) in [5, 5.41) is 8.87. The predicted molar refractivity (Wildman–Crippen MR) is 73.0 cm³/mol. The zero-order valence-electron chi connectivity index (χ0n) is 12.0. The zero-order valence-corrected chi connectivity index (χ0v) is 12.8. The van der Waals surface area contributed by atoms with Crippen LogP contribution in [0.4, 0.5) is 13.2 Å². The molecule has 7 nitrogen and oxygen atoms in total. The van der Waals surface area contributed by atoms with Gasteiger partial charge in [-0.2, -0.15) is 13.2 Å². The Morgan fingerprint density at radius 3 is 2.29 bits per heavy atom. The lowest BCUT2D eigenvalue weighted by Crippen LogP contribution is -2.48. The van der Waals surface area contributed by atoms with Gasteiger partial charge >= 0.3 is 11.5 Å². The van der Waals surface area contributed by atoms with Gasteiger partial charge in [0.15, 0.2) is 6.10 Å². The van der Waals surface area contributed by atoms with Crippen LogP contribution in [0.15, 0.2) is 29.2 Å². The molecule has 0 saturated carbocycles. The summed E-state index contributed by atoms with van der Waals surface area (Å²) in [6.45, 7) is -0.0920. The highest BCUT2D eigenvalue weighted by atomic mass is 32.2. The van der Waals surface area contributed by atoms with E-state index in [9.17, 15) is 31.2 Å². The summed E-state index contributed by atoms with van der Waals surface area (Å²) in [5.41, 5.74) is -5.49. The van der Waals surface area contributed by atoms with Crippen molar-refractivity contribution in [3.05, 3.63) is 29.8 Å². The van der Waals surface area contributed by atoms with Crippen molar-refractivity contribution in [1.29, 1.82) is 0 Å². The van der Waals surface area contributed by atoms with Crippen molar-refractivity contribution in [2.45, 2.75) is 16.5 Å². The number of sulfone groups is 1. The number of hydrogen-bond donors (Lipinski definition) is 1. The number of halogens is 3. The van der Waals surface area contributed by atoms with E-state index in [1.54, 1.807) is 0 Å². The van der Waals surface area contributed by atoms with Crippen molar-refractivity contribution >= 4 is 21.7 Å². The molecule has 1 saturated heterocycles. The quantitative estimate of drug-likeness (QED) is 0.852. The van der Waals surface area contributed by atoms with Gasteiger partial charge in [0.1, 0.15) is 0 Å². The Hall–Kier alpha value is -2.14. The summed E-state index contributed by atoms with van der Waals surface area (Å²) >= 11 is 0. The first kappa shape index (κ1) is 18.2. The lowest BCUT2D eigenvalue weighted by molar-refractivity contribution is -0.154. The van der Waals surface area contributed by atoms with Gasteiger partial charge in [-0.15, -0.1) is 0 Å². The lowest BCUT2D eigenvalue weighted by atomic mass is 10.1. The van der Waals surface area contributed by atoms with Crippen LogP contribution in [0.25, 0.3) is 0 Å². The van der Waals surface area contributed by atoms with E-state index < -0.39 is 38.2 Å². The standard InChI is InChI=1S/C13H12F3NO6S/c14-13(15,16)24(21,22)9-3-1-8(2-4-9)11(18)17-5-6-23-10(7-17)12(19)20/h1-4,10H,5-7H2,(H,19,20).